The van der Waals surface area contributed by atoms with Gasteiger partial charge < -0.3 is 16.4 Å². The molecule has 2 amide bonds. The molecule has 0 fully saturated rings. The van der Waals surface area contributed by atoms with E-state index >= 15 is 0 Å². The Hall–Kier alpha value is -1.15. The van der Waals surface area contributed by atoms with Gasteiger partial charge in [-0.1, -0.05) is 0 Å². The molecule has 0 aliphatic heterocycles. The monoisotopic (exact) mass is 265 g/mol. The number of carbonyl (C=O) groups excluding carboxylic acids is 2. The van der Waals surface area contributed by atoms with Crippen LogP contribution in [0.15, 0.2) is 0 Å². The van der Waals surface area contributed by atoms with Crippen LogP contribution in [0.1, 0.15) is 13.8 Å². The molecule has 0 rings (SSSR count). The largest absolute Gasteiger partial charge is 0.347 e. The van der Waals surface area contributed by atoms with Gasteiger partial charge in [0.15, 0.2) is 9.84 Å². The number of nitrogens with two attached hydrogens (primary N) is 1. The van der Waals surface area contributed by atoms with Crippen molar-refractivity contribution in [2.75, 3.05) is 25.9 Å². The summed E-state index contributed by atoms with van der Waals surface area (Å²) in [4.78, 5) is 22.4. The summed E-state index contributed by atoms with van der Waals surface area (Å²) in [6, 6.07) is 0. The van der Waals surface area contributed by atoms with Gasteiger partial charge in [0.2, 0.25) is 0 Å². The summed E-state index contributed by atoms with van der Waals surface area (Å²) >= 11 is 0. The minimum absolute atomic E-state index is 0.124. The maximum Gasteiger partial charge on any atom is 0.309 e. The molecule has 0 bridgehead atoms. The highest BCUT2D eigenvalue weighted by Crippen LogP contribution is 2.13. The van der Waals surface area contributed by atoms with Crippen LogP contribution in [0.3, 0.4) is 0 Å². The smallest absolute Gasteiger partial charge is 0.309 e. The Kier molecular flexibility index (Phi) is 5.56. The van der Waals surface area contributed by atoms with Crippen molar-refractivity contribution in [1.29, 1.82) is 0 Å². The Morgan fingerprint density at radius 1 is 1.18 bits per heavy atom. The van der Waals surface area contributed by atoms with Crippen molar-refractivity contribution in [1.82, 2.24) is 10.6 Å². The molecule has 4 N–H and O–H groups in total. The predicted molar refractivity (Wildman–Crippen MR) is 64.0 cm³/mol. The van der Waals surface area contributed by atoms with Crippen LogP contribution in [0.4, 0.5) is 0 Å². The molecule has 0 aliphatic carbocycles. The topological polar surface area (TPSA) is 118 Å². The van der Waals surface area contributed by atoms with Gasteiger partial charge in [-0.3, -0.25) is 9.59 Å². The van der Waals surface area contributed by atoms with E-state index in [1.54, 1.807) is 0 Å². The van der Waals surface area contributed by atoms with E-state index in [0.29, 0.717) is 0 Å². The van der Waals surface area contributed by atoms with Crippen molar-refractivity contribution < 1.29 is 18.0 Å². The zero-order valence-corrected chi connectivity index (χ0v) is 11.1. The van der Waals surface area contributed by atoms with Crippen LogP contribution in [-0.2, 0) is 19.4 Å². The molecule has 0 spiro atoms. The molecule has 0 atom stereocenters. The first-order valence-electron chi connectivity index (χ1n) is 5.07. The Morgan fingerprint density at radius 3 is 2.06 bits per heavy atom. The van der Waals surface area contributed by atoms with Crippen LogP contribution in [0, 0.1) is 0 Å². The molecule has 0 heterocycles. The highest BCUT2D eigenvalue weighted by molar-refractivity contribution is 7.92. The molecule has 0 aromatic heterocycles. The molecule has 100 valence electrons. The first kappa shape index (κ1) is 15.9. The number of carbonyl (C=O) groups is 2. The van der Waals surface area contributed by atoms with Crippen LogP contribution in [0.2, 0.25) is 0 Å². The van der Waals surface area contributed by atoms with Crippen LogP contribution in [-0.4, -0.2) is 50.9 Å². The highest BCUT2D eigenvalue weighted by Gasteiger charge is 2.31. The lowest BCUT2D eigenvalue weighted by molar-refractivity contribution is -0.139. The number of amides is 2. The van der Waals surface area contributed by atoms with Crippen LogP contribution in [0.25, 0.3) is 0 Å². The molecule has 7 nitrogen and oxygen atoms in total. The molecule has 8 heteroatoms. The van der Waals surface area contributed by atoms with E-state index in [9.17, 15) is 18.0 Å². The summed E-state index contributed by atoms with van der Waals surface area (Å²) in [7, 11) is -3.31. The molecule has 17 heavy (non-hydrogen) atoms. The summed E-state index contributed by atoms with van der Waals surface area (Å²) in [5, 5.41) is 4.55. The number of hydrogen-bond donors (Lipinski definition) is 3. The number of nitrogens with one attached hydrogen (secondary N) is 2. The summed E-state index contributed by atoms with van der Waals surface area (Å²) in [5.74, 6) is -1.69. The Bertz CT molecular complexity index is 389. The van der Waals surface area contributed by atoms with Crippen LogP contribution in [0.5, 0.6) is 0 Å². The van der Waals surface area contributed by atoms with Gasteiger partial charge in [0.05, 0.1) is 4.75 Å². The lowest BCUT2D eigenvalue weighted by Gasteiger charge is -2.22. The van der Waals surface area contributed by atoms with Crippen LogP contribution < -0.4 is 16.4 Å². The third-order valence-corrected chi connectivity index (χ3v) is 4.47. The van der Waals surface area contributed by atoms with Gasteiger partial charge in [-0.25, -0.2) is 8.42 Å². The second-order valence-electron chi connectivity index (χ2n) is 4.26. The minimum Gasteiger partial charge on any atom is -0.347 e. The van der Waals surface area contributed by atoms with Gasteiger partial charge >= 0.3 is 11.8 Å². The zero-order chi connectivity index (χ0) is 13.7. The van der Waals surface area contributed by atoms with E-state index < -0.39 is 26.4 Å². The van der Waals surface area contributed by atoms with E-state index in [-0.39, 0.29) is 19.6 Å². The lowest BCUT2D eigenvalue weighted by atomic mass is 10.2. The average Bonchev–Trinajstić information content (AvgIpc) is 2.20. The summed E-state index contributed by atoms with van der Waals surface area (Å²) in [6.45, 7) is 3.25. The van der Waals surface area contributed by atoms with Crippen molar-refractivity contribution in [2.24, 2.45) is 5.73 Å². The molecule has 0 saturated heterocycles. The summed E-state index contributed by atoms with van der Waals surface area (Å²) < 4.78 is 21.6. The molecular weight excluding hydrogens is 246 g/mol. The lowest BCUT2D eigenvalue weighted by Crippen LogP contribution is -2.48. The Labute approximate surface area is 101 Å². The van der Waals surface area contributed by atoms with E-state index in [0.717, 1.165) is 6.26 Å². The number of rotatable bonds is 5. The van der Waals surface area contributed by atoms with Crippen molar-refractivity contribution in [3.63, 3.8) is 0 Å². The first-order valence-corrected chi connectivity index (χ1v) is 6.96. The fraction of sp³-hybridized carbons (Fsp3) is 0.778. The molecular formula is C9H19N3O4S. The van der Waals surface area contributed by atoms with Gasteiger partial charge in [0, 0.05) is 25.9 Å². The minimum atomic E-state index is -3.31. The Balaban J connectivity index is 4.30. The van der Waals surface area contributed by atoms with Gasteiger partial charge in [-0.15, -0.1) is 0 Å². The molecule has 0 aromatic carbocycles. The normalized spacial score (nSPS) is 12.0. The van der Waals surface area contributed by atoms with Crippen molar-refractivity contribution in [3.05, 3.63) is 0 Å². The van der Waals surface area contributed by atoms with Gasteiger partial charge in [0.1, 0.15) is 0 Å². The standard InChI is InChI=1S/C9H19N3O4S/c1-9(2,17(3,15)16)6-12-8(14)7(13)11-5-4-10/h4-6,10H2,1-3H3,(H,11,13)(H,12,14). The quantitative estimate of drug-likeness (QED) is 0.497. The maximum atomic E-state index is 11.3. The van der Waals surface area contributed by atoms with E-state index in [1.165, 1.54) is 13.8 Å². The number of hydrogen-bond acceptors (Lipinski definition) is 5. The maximum absolute atomic E-state index is 11.3. The molecule has 0 aliphatic rings. The fourth-order valence-corrected chi connectivity index (χ4v) is 1.10. The first-order chi connectivity index (χ1) is 7.62. The third kappa shape index (κ3) is 5.14. The Morgan fingerprint density at radius 2 is 1.65 bits per heavy atom. The van der Waals surface area contributed by atoms with Crippen molar-refractivity contribution >= 4 is 21.7 Å². The van der Waals surface area contributed by atoms with Gasteiger partial charge in [0.25, 0.3) is 0 Å². The highest BCUT2D eigenvalue weighted by atomic mass is 32.2. The SMILES string of the molecule is CC(C)(CNC(=O)C(=O)NCCN)S(C)(=O)=O. The summed E-state index contributed by atoms with van der Waals surface area (Å²) in [5.41, 5.74) is 5.15. The fourth-order valence-electron chi connectivity index (χ4n) is 0.770. The number of sulfone groups is 1. The van der Waals surface area contributed by atoms with Gasteiger partial charge in [-0.2, -0.15) is 0 Å². The molecule has 0 saturated carbocycles. The zero-order valence-electron chi connectivity index (χ0n) is 10.2. The van der Waals surface area contributed by atoms with Crippen LogP contribution >= 0.6 is 0 Å². The van der Waals surface area contributed by atoms with Crippen molar-refractivity contribution in [2.45, 2.75) is 18.6 Å². The third-order valence-electron chi connectivity index (χ3n) is 2.31. The second kappa shape index (κ2) is 5.97. The van der Waals surface area contributed by atoms with E-state index in [2.05, 4.69) is 10.6 Å². The second-order valence-corrected chi connectivity index (χ2v) is 6.91. The molecule has 0 unspecified atom stereocenters. The molecule has 0 radical (unpaired) electrons. The van der Waals surface area contributed by atoms with E-state index in [1.807, 2.05) is 0 Å². The molecule has 0 aromatic rings. The van der Waals surface area contributed by atoms with Crippen molar-refractivity contribution in [3.8, 4) is 0 Å². The van der Waals surface area contributed by atoms with E-state index in [4.69, 9.17) is 5.73 Å². The summed E-state index contributed by atoms with van der Waals surface area (Å²) in [6.07, 6.45) is 1.08. The average molecular weight is 265 g/mol. The van der Waals surface area contributed by atoms with Gasteiger partial charge in [-0.05, 0) is 13.8 Å². The predicted octanol–water partition coefficient (Wildman–Crippen LogP) is -2.00.